The molecular formula is C20H28N4OS. The standard InChI is InChI=1S/C20H28N4OS/c1-24-8-6-13(7-9-24)18-5-4-17(26-18)11-16(12-21)23-20(25)19-14-2-3-15(10-14)22-19/h4-5,13-16,19,22H,2-3,6-11H2,1H3,(H,23,25)/t14-,15+,16-,19?/m0/s1. The van der Waals surface area contributed by atoms with Gasteiger partial charge in [-0.05, 0) is 76.2 Å². The second kappa shape index (κ2) is 7.67. The van der Waals surface area contributed by atoms with E-state index in [0.29, 0.717) is 24.3 Å². The highest BCUT2D eigenvalue weighted by molar-refractivity contribution is 7.12. The lowest BCUT2D eigenvalue weighted by Gasteiger charge is -2.28. The average Bonchev–Trinajstić information content (AvgIpc) is 3.38. The zero-order chi connectivity index (χ0) is 18.1. The summed E-state index contributed by atoms with van der Waals surface area (Å²) in [5, 5.41) is 15.9. The summed E-state index contributed by atoms with van der Waals surface area (Å²) in [4.78, 5) is 17.6. The van der Waals surface area contributed by atoms with E-state index in [1.165, 1.54) is 29.0 Å². The minimum absolute atomic E-state index is 0.0100. The molecule has 1 unspecified atom stereocenters. The maximum absolute atomic E-state index is 12.6. The lowest BCUT2D eigenvalue weighted by molar-refractivity contribution is -0.124. The first-order chi connectivity index (χ1) is 12.6. The molecule has 1 aromatic rings. The molecule has 3 fully saturated rings. The van der Waals surface area contributed by atoms with Crippen molar-refractivity contribution in [2.45, 2.75) is 62.6 Å². The number of carbonyl (C=O) groups excluding carboxylic acids is 1. The summed E-state index contributed by atoms with van der Waals surface area (Å²) < 4.78 is 0. The van der Waals surface area contributed by atoms with Crippen molar-refractivity contribution < 1.29 is 4.79 Å². The summed E-state index contributed by atoms with van der Waals surface area (Å²) in [7, 11) is 2.18. The van der Waals surface area contributed by atoms with Gasteiger partial charge in [-0.2, -0.15) is 5.26 Å². The van der Waals surface area contributed by atoms with Gasteiger partial charge in [-0.25, -0.2) is 0 Å². The van der Waals surface area contributed by atoms with Crippen molar-refractivity contribution in [3.8, 4) is 6.07 Å². The summed E-state index contributed by atoms with van der Waals surface area (Å²) in [6.07, 6.45) is 6.47. The van der Waals surface area contributed by atoms with Crippen LogP contribution in [-0.4, -0.2) is 49.1 Å². The maximum Gasteiger partial charge on any atom is 0.238 e. The van der Waals surface area contributed by atoms with Crippen LogP contribution in [0.5, 0.6) is 0 Å². The van der Waals surface area contributed by atoms with Crippen molar-refractivity contribution in [1.29, 1.82) is 5.26 Å². The normalized spacial score (nSPS) is 30.2. The molecule has 1 amide bonds. The first-order valence-electron chi connectivity index (χ1n) is 9.85. The molecule has 2 aliphatic heterocycles. The molecular weight excluding hydrogens is 344 g/mol. The number of rotatable bonds is 5. The van der Waals surface area contributed by atoms with Crippen LogP contribution < -0.4 is 10.6 Å². The number of hydrogen-bond donors (Lipinski definition) is 2. The third-order valence-corrected chi connectivity index (χ3v) is 7.59. The highest BCUT2D eigenvalue weighted by Crippen LogP contribution is 2.35. The number of carbonyl (C=O) groups is 1. The topological polar surface area (TPSA) is 68.2 Å². The third kappa shape index (κ3) is 3.80. The van der Waals surface area contributed by atoms with E-state index >= 15 is 0 Å². The van der Waals surface area contributed by atoms with E-state index in [-0.39, 0.29) is 11.9 Å². The molecule has 2 bridgehead atoms. The Morgan fingerprint density at radius 1 is 1.38 bits per heavy atom. The van der Waals surface area contributed by atoms with Gasteiger partial charge in [0.05, 0.1) is 12.1 Å². The summed E-state index contributed by atoms with van der Waals surface area (Å²) in [6, 6.07) is 6.63. The summed E-state index contributed by atoms with van der Waals surface area (Å²) in [5.74, 6) is 1.12. The highest BCUT2D eigenvalue weighted by Gasteiger charge is 2.43. The zero-order valence-electron chi connectivity index (χ0n) is 15.4. The largest absolute Gasteiger partial charge is 0.339 e. The number of piperidine rings is 2. The van der Waals surface area contributed by atoms with Crippen LogP contribution in [-0.2, 0) is 11.2 Å². The Hall–Kier alpha value is -1.42. The van der Waals surface area contributed by atoms with Crippen molar-refractivity contribution in [1.82, 2.24) is 15.5 Å². The maximum atomic E-state index is 12.6. The predicted octanol–water partition coefficient (Wildman–Crippen LogP) is 2.25. The first kappa shape index (κ1) is 18.0. The SMILES string of the molecule is CN1CCC(c2ccc(C[C@@H](C#N)NC(=O)C3N[C@@H]4CC[C@H]3C4)s2)CC1. The van der Waals surface area contributed by atoms with Gasteiger partial charge in [0.25, 0.3) is 0 Å². The first-order valence-corrected chi connectivity index (χ1v) is 10.7. The van der Waals surface area contributed by atoms with E-state index in [4.69, 9.17) is 0 Å². The number of fused-ring (bicyclic) bond motifs is 2. The molecule has 5 nitrogen and oxygen atoms in total. The van der Waals surface area contributed by atoms with Crippen molar-refractivity contribution in [3.63, 3.8) is 0 Å². The van der Waals surface area contributed by atoms with E-state index in [0.717, 1.165) is 25.9 Å². The van der Waals surface area contributed by atoms with Crippen molar-refractivity contribution in [2.75, 3.05) is 20.1 Å². The molecule has 1 saturated carbocycles. The summed E-state index contributed by atoms with van der Waals surface area (Å²) in [5.41, 5.74) is 0. The molecule has 1 aromatic heterocycles. The van der Waals surface area contributed by atoms with Crippen LogP contribution in [0.25, 0.3) is 0 Å². The summed E-state index contributed by atoms with van der Waals surface area (Å²) in [6.45, 7) is 2.32. The molecule has 3 heterocycles. The Balaban J connectivity index is 1.32. The van der Waals surface area contributed by atoms with Crippen molar-refractivity contribution in [2.24, 2.45) is 5.92 Å². The quantitative estimate of drug-likeness (QED) is 0.832. The van der Waals surface area contributed by atoms with Crippen LogP contribution in [0.1, 0.15) is 47.8 Å². The smallest absolute Gasteiger partial charge is 0.238 e. The number of nitrogens with one attached hydrogen (secondary N) is 2. The minimum Gasteiger partial charge on any atom is -0.339 e. The van der Waals surface area contributed by atoms with Crippen molar-refractivity contribution >= 4 is 17.2 Å². The Morgan fingerprint density at radius 3 is 2.85 bits per heavy atom. The Bertz CT molecular complexity index is 688. The van der Waals surface area contributed by atoms with Gasteiger partial charge in [0.2, 0.25) is 5.91 Å². The van der Waals surface area contributed by atoms with Crippen LogP contribution in [0.3, 0.4) is 0 Å². The average molecular weight is 373 g/mol. The molecule has 3 aliphatic rings. The zero-order valence-corrected chi connectivity index (χ0v) is 16.2. The van der Waals surface area contributed by atoms with Crippen molar-refractivity contribution in [3.05, 3.63) is 21.9 Å². The van der Waals surface area contributed by atoms with Crippen LogP contribution in [0.4, 0.5) is 0 Å². The molecule has 1 aliphatic carbocycles. The Labute approximate surface area is 159 Å². The molecule has 4 atom stereocenters. The van der Waals surface area contributed by atoms with Crippen LogP contribution in [0.2, 0.25) is 0 Å². The molecule has 140 valence electrons. The van der Waals surface area contributed by atoms with Gasteiger partial charge < -0.3 is 15.5 Å². The van der Waals surface area contributed by atoms with Crippen LogP contribution in [0, 0.1) is 17.2 Å². The number of amides is 1. The highest BCUT2D eigenvalue weighted by atomic mass is 32.1. The van der Waals surface area contributed by atoms with Gasteiger partial charge in [-0.1, -0.05) is 0 Å². The monoisotopic (exact) mass is 372 g/mol. The Morgan fingerprint density at radius 2 is 2.19 bits per heavy atom. The number of thiophene rings is 1. The van der Waals surface area contributed by atoms with Gasteiger partial charge in [0, 0.05) is 22.2 Å². The molecule has 6 heteroatoms. The van der Waals surface area contributed by atoms with E-state index in [2.05, 4.69) is 40.8 Å². The molecule has 0 spiro atoms. The van der Waals surface area contributed by atoms with Gasteiger partial charge in [0.15, 0.2) is 0 Å². The number of hydrogen-bond acceptors (Lipinski definition) is 5. The lowest BCUT2D eigenvalue weighted by atomic mass is 9.96. The predicted molar refractivity (Wildman–Crippen MR) is 103 cm³/mol. The number of nitriles is 1. The van der Waals surface area contributed by atoms with E-state index in [1.54, 1.807) is 0 Å². The van der Waals surface area contributed by atoms with E-state index < -0.39 is 6.04 Å². The lowest BCUT2D eigenvalue weighted by Crippen LogP contribution is -2.50. The van der Waals surface area contributed by atoms with Crippen LogP contribution in [0.15, 0.2) is 12.1 Å². The molecule has 0 radical (unpaired) electrons. The second-order valence-corrected chi connectivity index (χ2v) is 9.39. The molecule has 4 rings (SSSR count). The van der Waals surface area contributed by atoms with E-state index in [9.17, 15) is 10.1 Å². The molecule has 0 aromatic carbocycles. The Kier molecular flexibility index (Phi) is 5.30. The molecule has 2 N–H and O–H groups in total. The van der Waals surface area contributed by atoms with E-state index in [1.807, 2.05) is 11.3 Å². The fourth-order valence-corrected chi connectivity index (χ4v) is 5.99. The number of likely N-dealkylation sites (tertiary alicyclic amines) is 1. The summed E-state index contributed by atoms with van der Waals surface area (Å²) >= 11 is 1.82. The molecule has 26 heavy (non-hydrogen) atoms. The van der Waals surface area contributed by atoms with Gasteiger partial charge in [-0.15, -0.1) is 11.3 Å². The fourth-order valence-electron chi connectivity index (χ4n) is 4.76. The van der Waals surface area contributed by atoms with Crippen LogP contribution >= 0.6 is 11.3 Å². The second-order valence-electron chi connectivity index (χ2n) is 8.19. The minimum atomic E-state index is -0.438. The van der Waals surface area contributed by atoms with Gasteiger partial charge >= 0.3 is 0 Å². The number of nitrogens with zero attached hydrogens (tertiary/aromatic N) is 2. The van der Waals surface area contributed by atoms with Gasteiger partial charge in [0.1, 0.15) is 6.04 Å². The van der Waals surface area contributed by atoms with Gasteiger partial charge in [-0.3, -0.25) is 4.79 Å². The fraction of sp³-hybridized carbons (Fsp3) is 0.700. The molecule has 2 saturated heterocycles. The third-order valence-electron chi connectivity index (χ3n) is 6.32.